The van der Waals surface area contributed by atoms with Gasteiger partial charge in [-0.3, -0.25) is 10.1 Å². The molecule has 1 rings (SSSR count). The van der Waals surface area contributed by atoms with Crippen LogP contribution < -0.4 is 5.32 Å². The molecule has 1 unspecified atom stereocenters. The molecule has 8 nitrogen and oxygen atoms in total. The Kier molecular flexibility index (Phi) is 7.77. The molecule has 0 heterocycles. The fourth-order valence-electron chi connectivity index (χ4n) is 2.77. The normalized spacial score (nSPS) is 22.3. The second-order valence-corrected chi connectivity index (χ2v) is 6.10. The van der Waals surface area contributed by atoms with Crippen LogP contribution in [0.5, 0.6) is 0 Å². The summed E-state index contributed by atoms with van der Waals surface area (Å²) in [5.41, 5.74) is 0. The molecule has 1 amide bonds. The van der Waals surface area contributed by atoms with Crippen LogP contribution in [0.2, 0.25) is 0 Å². The van der Waals surface area contributed by atoms with Crippen molar-refractivity contribution in [2.45, 2.75) is 71.1 Å². The van der Waals surface area contributed by atoms with Gasteiger partial charge in [-0.1, -0.05) is 0 Å². The molecule has 132 valence electrons. The van der Waals surface area contributed by atoms with Crippen LogP contribution >= 0.6 is 0 Å². The van der Waals surface area contributed by atoms with Gasteiger partial charge in [-0.2, -0.15) is 0 Å². The third kappa shape index (κ3) is 6.83. The van der Waals surface area contributed by atoms with E-state index in [0.717, 1.165) is 0 Å². The number of carbonyl (C=O) groups excluding carboxylic acids is 2. The molecule has 23 heavy (non-hydrogen) atoms. The maximum atomic E-state index is 12.0. The van der Waals surface area contributed by atoms with E-state index in [1.807, 2.05) is 0 Å². The van der Waals surface area contributed by atoms with Crippen LogP contribution in [0.1, 0.15) is 52.9 Å². The van der Waals surface area contributed by atoms with Gasteiger partial charge >= 0.3 is 12.1 Å². The van der Waals surface area contributed by atoms with Gasteiger partial charge in [0.05, 0.1) is 12.7 Å². The van der Waals surface area contributed by atoms with Crippen molar-refractivity contribution in [1.29, 1.82) is 0 Å². The Hall–Kier alpha value is -1.86. The number of hydrogen-bond donors (Lipinski definition) is 1. The van der Waals surface area contributed by atoms with E-state index < -0.39 is 24.1 Å². The number of nitrogens with one attached hydrogen (secondary N) is 1. The van der Waals surface area contributed by atoms with Gasteiger partial charge in [-0.15, -0.1) is 0 Å². The maximum absolute atomic E-state index is 12.0. The van der Waals surface area contributed by atoms with Crippen molar-refractivity contribution in [3.63, 3.8) is 0 Å². The molecule has 1 N–H and O–H groups in total. The first kappa shape index (κ1) is 19.2. The third-order valence-corrected chi connectivity index (χ3v) is 3.89. The predicted octanol–water partition coefficient (Wildman–Crippen LogP) is 2.28. The molecule has 1 saturated carbocycles. The van der Waals surface area contributed by atoms with Crippen LogP contribution in [0, 0.1) is 16.0 Å². The summed E-state index contributed by atoms with van der Waals surface area (Å²) in [6.07, 6.45) is 1.82. The number of amides is 1. The molecule has 0 aliphatic heterocycles. The summed E-state index contributed by atoms with van der Waals surface area (Å²) in [7, 11) is 0. The van der Waals surface area contributed by atoms with E-state index in [0.29, 0.717) is 32.1 Å². The Morgan fingerprint density at radius 3 is 2.35 bits per heavy atom. The molecule has 0 spiro atoms. The third-order valence-electron chi connectivity index (χ3n) is 3.89. The molecule has 1 aliphatic rings. The van der Waals surface area contributed by atoms with E-state index in [1.165, 1.54) is 0 Å². The minimum absolute atomic E-state index is 0.153. The summed E-state index contributed by atoms with van der Waals surface area (Å²) in [5, 5.41) is 13.3. The summed E-state index contributed by atoms with van der Waals surface area (Å²) in [6.45, 7) is 5.36. The van der Waals surface area contributed by atoms with E-state index in [4.69, 9.17) is 9.47 Å². The zero-order valence-corrected chi connectivity index (χ0v) is 13.9. The summed E-state index contributed by atoms with van der Waals surface area (Å²) >= 11 is 0. The van der Waals surface area contributed by atoms with E-state index in [-0.39, 0.29) is 23.6 Å². The summed E-state index contributed by atoms with van der Waals surface area (Å²) in [5.74, 6) is -0.343. The van der Waals surface area contributed by atoms with Gasteiger partial charge in [-0.05, 0) is 46.0 Å². The highest BCUT2D eigenvalue weighted by atomic mass is 16.6. The first-order chi connectivity index (χ1) is 10.8. The summed E-state index contributed by atoms with van der Waals surface area (Å²) in [4.78, 5) is 34.3. The minimum Gasteiger partial charge on any atom is -0.464 e. The standard InChI is InChI=1S/C15H26N2O6/c1-4-22-14(18)13(16-15(19)23-10(2)3)9-11-5-7-12(8-6-11)17(20)21/h10-13H,4-9H2,1-3H3,(H,16,19). The Bertz CT molecular complexity index is 418. The van der Waals surface area contributed by atoms with Crippen LogP contribution in [0.25, 0.3) is 0 Å². The molecule has 0 radical (unpaired) electrons. The molecule has 0 aromatic heterocycles. The Labute approximate surface area is 136 Å². The monoisotopic (exact) mass is 330 g/mol. The highest BCUT2D eigenvalue weighted by molar-refractivity contribution is 5.81. The molecule has 1 fully saturated rings. The number of ether oxygens (including phenoxy) is 2. The van der Waals surface area contributed by atoms with E-state index in [1.54, 1.807) is 20.8 Å². The lowest BCUT2D eigenvalue weighted by molar-refractivity contribution is -0.527. The topological polar surface area (TPSA) is 108 Å². The number of esters is 1. The average molecular weight is 330 g/mol. The Morgan fingerprint density at radius 1 is 1.26 bits per heavy atom. The Balaban J connectivity index is 2.57. The van der Waals surface area contributed by atoms with Crippen LogP contribution in [0.15, 0.2) is 0 Å². The van der Waals surface area contributed by atoms with Crippen molar-refractivity contribution in [2.24, 2.45) is 5.92 Å². The van der Waals surface area contributed by atoms with Crippen molar-refractivity contribution < 1.29 is 24.0 Å². The van der Waals surface area contributed by atoms with Crippen LogP contribution in [-0.4, -0.2) is 41.8 Å². The summed E-state index contributed by atoms with van der Waals surface area (Å²) < 4.78 is 9.99. The van der Waals surface area contributed by atoms with Crippen LogP contribution in [0.3, 0.4) is 0 Å². The fourth-order valence-corrected chi connectivity index (χ4v) is 2.77. The van der Waals surface area contributed by atoms with Gasteiger partial charge in [0.2, 0.25) is 6.04 Å². The lowest BCUT2D eigenvalue weighted by Gasteiger charge is -2.27. The number of carbonyl (C=O) groups is 2. The minimum atomic E-state index is -0.779. The van der Waals surface area contributed by atoms with E-state index >= 15 is 0 Å². The van der Waals surface area contributed by atoms with Gasteiger partial charge in [0, 0.05) is 17.8 Å². The molecular formula is C15H26N2O6. The molecule has 0 bridgehead atoms. The molecule has 0 saturated heterocycles. The number of hydrogen-bond acceptors (Lipinski definition) is 6. The van der Waals surface area contributed by atoms with Crippen molar-refractivity contribution in [3.05, 3.63) is 10.1 Å². The van der Waals surface area contributed by atoms with Crippen molar-refractivity contribution >= 4 is 12.1 Å². The second-order valence-electron chi connectivity index (χ2n) is 6.10. The first-order valence-corrected chi connectivity index (χ1v) is 8.10. The highest BCUT2D eigenvalue weighted by Crippen LogP contribution is 2.29. The highest BCUT2D eigenvalue weighted by Gasteiger charge is 2.32. The second kappa shape index (κ2) is 9.32. The number of nitrogens with zero attached hydrogens (tertiary/aromatic N) is 1. The lowest BCUT2D eigenvalue weighted by atomic mass is 9.82. The first-order valence-electron chi connectivity index (χ1n) is 8.10. The van der Waals surface area contributed by atoms with Crippen LogP contribution in [-0.2, 0) is 14.3 Å². The molecule has 0 aromatic rings. The number of rotatable bonds is 7. The van der Waals surface area contributed by atoms with Crippen molar-refractivity contribution in [2.75, 3.05) is 6.61 Å². The zero-order chi connectivity index (χ0) is 17.4. The fraction of sp³-hybridized carbons (Fsp3) is 0.867. The number of alkyl carbamates (subject to hydrolysis) is 1. The lowest BCUT2D eigenvalue weighted by Crippen LogP contribution is -2.44. The van der Waals surface area contributed by atoms with Gasteiger partial charge < -0.3 is 14.8 Å². The van der Waals surface area contributed by atoms with Gasteiger partial charge in [0.1, 0.15) is 6.04 Å². The largest absolute Gasteiger partial charge is 0.464 e. The molecule has 1 aliphatic carbocycles. The van der Waals surface area contributed by atoms with Crippen molar-refractivity contribution in [1.82, 2.24) is 5.32 Å². The van der Waals surface area contributed by atoms with Crippen LogP contribution in [0.4, 0.5) is 4.79 Å². The van der Waals surface area contributed by atoms with Gasteiger partial charge in [-0.25, -0.2) is 9.59 Å². The average Bonchev–Trinajstić information content (AvgIpc) is 2.46. The quantitative estimate of drug-likeness (QED) is 0.436. The number of nitro groups is 1. The van der Waals surface area contributed by atoms with E-state index in [2.05, 4.69) is 5.32 Å². The maximum Gasteiger partial charge on any atom is 0.408 e. The molecular weight excluding hydrogens is 304 g/mol. The Morgan fingerprint density at radius 2 is 1.87 bits per heavy atom. The van der Waals surface area contributed by atoms with Gasteiger partial charge in [0.15, 0.2) is 0 Å². The van der Waals surface area contributed by atoms with E-state index in [9.17, 15) is 19.7 Å². The zero-order valence-electron chi connectivity index (χ0n) is 13.9. The van der Waals surface area contributed by atoms with Gasteiger partial charge in [0.25, 0.3) is 0 Å². The SMILES string of the molecule is CCOC(=O)C(CC1CCC([N+](=O)[O-])CC1)NC(=O)OC(C)C. The molecule has 8 heteroatoms. The molecule has 1 atom stereocenters. The molecule has 0 aromatic carbocycles. The predicted molar refractivity (Wildman–Crippen MR) is 82.5 cm³/mol. The smallest absolute Gasteiger partial charge is 0.408 e. The van der Waals surface area contributed by atoms with Crippen molar-refractivity contribution in [3.8, 4) is 0 Å². The summed E-state index contributed by atoms with van der Waals surface area (Å²) in [6, 6.07) is -1.27.